The summed E-state index contributed by atoms with van der Waals surface area (Å²) in [5.74, 6) is 1.52. The number of benzene rings is 1. The summed E-state index contributed by atoms with van der Waals surface area (Å²) in [7, 11) is 1.62. The normalized spacial score (nSPS) is 15.1. The lowest BCUT2D eigenvalue weighted by molar-refractivity contribution is 0.396. The Bertz CT molecular complexity index is 857. The molecule has 0 amide bonds. The average molecular weight is 341 g/mol. The predicted molar refractivity (Wildman–Crippen MR) is 97.4 cm³/mol. The van der Waals surface area contributed by atoms with Gasteiger partial charge in [0.1, 0.15) is 12.1 Å². The minimum absolute atomic E-state index is 0.601. The summed E-state index contributed by atoms with van der Waals surface area (Å²) in [4.78, 5) is 17.9. The fourth-order valence-electron chi connectivity index (χ4n) is 2.95. The van der Waals surface area contributed by atoms with Crippen molar-refractivity contribution in [2.75, 3.05) is 43.1 Å². The molecule has 4 rings (SSSR count). The third-order valence-corrected chi connectivity index (χ3v) is 5.58. The highest BCUT2D eigenvalue weighted by atomic mass is 32.1. The van der Waals surface area contributed by atoms with Crippen molar-refractivity contribution in [1.82, 2.24) is 15.0 Å². The summed E-state index contributed by atoms with van der Waals surface area (Å²) < 4.78 is 6.47. The number of anilines is 2. The van der Waals surface area contributed by atoms with Crippen molar-refractivity contribution in [3.05, 3.63) is 36.2 Å². The Kier molecular flexibility index (Phi) is 3.93. The summed E-state index contributed by atoms with van der Waals surface area (Å²) in [6.45, 7) is 5.84. The van der Waals surface area contributed by atoms with Gasteiger partial charge in [0.25, 0.3) is 0 Å². The van der Waals surface area contributed by atoms with E-state index in [1.165, 1.54) is 10.3 Å². The first-order valence-electron chi connectivity index (χ1n) is 7.96. The maximum atomic E-state index is 5.18. The van der Waals surface area contributed by atoms with E-state index in [1.54, 1.807) is 24.8 Å². The number of piperazine rings is 1. The third kappa shape index (κ3) is 2.75. The number of aromatic nitrogens is 3. The van der Waals surface area contributed by atoms with Gasteiger partial charge in [-0.1, -0.05) is 23.5 Å². The Labute approximate surface area is 144 Å². The number of hydrogen-bond donors (Lipinski definition) is 0. The number of nitrogens with zero attached hydrogens (tertiary/aromatic N) is 5. The highest BCUT2D eigenvalue weighted by molar-refractivity contribution is 7.22. The first-order chi connectivity index (χ1) is 11.7. The summed E-state index contributed by atoms with van der Waals surface area (Å²) in [6.07, 6.45) is 1.55. The third-order valence-electron chi connectivity index (χ3n) is 4.31. The quantitative estimate of drug-likeness (QED) is 0.730. The molecule has 1 aliphatic rings. The molecule has 1 saturated heterocycles. The lowest BCUT2D eigenvalue weighted by atomic mass is 10.2. The molecule has 7 heteroatoms. The number of methoxy groups -OCH3 is 1. The molecule has 0 aliphatic carbocycles. The van der Waals surface area contributed by atoms with E-state index in [2.05, 4.69) is 44.9 Å². The van der Waals surface area contributed by atoms with Crippen LogP contribution in [0.15, 0.2) is 30.6 Å². The van der Waals surface area contributed by atoms with Crippen LogP contribution >= 0.6 is 11.3 Å². The molecule has 2 aromatic heterocycles. The van der Waals surface area contributed by atoms with Crippen LogP contribution < -0.4 is 14.5 Å². The molecule has 0 bridgehead atoms. The minimum Gasteiger partial charge on any atom is -0.481 e. The molecule has 6 nitrogen and oxygen atoms in total. The largest absolute Gasteiger partial charge is 0.481 e. The minimum atomic E-state index is 0.601. The first kappa shape index (κ1) is 15.1. The topological polar surface area (TPSA) is 54.4 Å². The summed E-state index contributed by atoms with van der Waals surface area (Å²) in [6, 6.07) is 8.19. The maximum absolute atomic E-state index is 5.18. The van der Waals surface area contributed by atoms with Crippen molar-refractivity contribution in [3.8, 4) is 5.88 Å². The number of aryl methyl sites for hydroxylation is 1. The SMILES string of the molecule is COc1cc(N2CCN(c3nc4cccc(C)c4s3)CC2)ncn1. The van der Waals surface area contributed by atoms with Crippen LogP contribution in [0.3, 0.4) is 0 Å². The second kappa shape index (κ2) is 6.24. The molecule has 0 spiro atoms. The molecule has 0 atom stereocenters. The Hall–Kier alpha value is -2.41. The number of rotatable bonds is 3. The van der Waals surface area contributed by atoms with E-state index in [4.69, 9.17) is 9.72 Å². The highest BCUT2D eigenvalue weighted by Gasteiger charge is 2.21. The smallest absolute Gasteiger partial charge is 0.218 e. The van der Waals surface area contributed by atoms with E-state index in [1.807, 2.05) is 6.07 Å². The first-order valence-corrected chi connectivity index (χ1v) is 8.78. The second-order valence-corrected chi connectivity index (χ2v) is 6.79. The van der Waals surface area contributed by atoms with Gasteiger partial charge in [0.15, 0.2) is 5.13 Å². The number of ether oxygens (including phenoxy) is 1. The molecule has 0 radical (unpaired) electrons. The molecule has 0 saturated carbocycles. The van der Waals surface area contributed by atoms with Crippen LogP contribution in [0.25, 0.3) is 10.2 Å². The van der Waals surface area contributed by atoms with E-state index in [0.717, 1.165) is 42.6 Å². The molecule has 3 aromatic rings. The van der Waals surface area contributed by atoms with Crippen molar-refractivity contribution in [2.45, 2.75) is 6.92 Å². The molecule has 0 N–H and O–H groups in total. The zero-order valence-corrected chi connectivity index (χ0v) is 14.6. The molecule has 1 aromatic carbocycles. The Morgan fingerprint density at radius 1 is 1.08 bits per heavy atom. The van der Waals surface area contributed by atoms with E-state index < -0.39 is 0 Å². The zero-order chi connectivity index (χ0) is 16.5. The van der Waals surface area contributed by atoms with E-state index >= 15 is 0 Å². The Balaban J connectivity index is 1.49. The lowest BCUT2D eigenvalue weighted by Gasteiger charge is -2.35. The van der Waals surface area contributed by atoms with Gasteiger partial charge in [0.2, 0.25) is 5.88 Å². The van der Waals surface area contributed by atoms with Gasteiger partial charge in [-0.3, -0.25) is 0 Å². The van der Waals surface area contributed by atoms with Crippen molar-refractivity contribution < 1.29 is 4.74 Å². The van der Waals surface area contributed by atoms with Gasteiger partial charge >= 0.3 is 0 Å². The number of fused-ring (bicyclic) bond motifs is 1. The van der Waals surface area contributed by atoms with Gasteiger partial charge in [-0.05, 0) is 18.6 Å². The maximum Gasteiger partial charge on any atom is 0.218 e. The van der Waals surface area contributed by atoms with Gasteiger partial charge in [-0.25, -0.2) is 15.0 Å². The molecule has 0 unspecified atom stereocenters. The fourth-order valence-corrected chi connectivity index (χ4v) is 4.04. The summed E-state index contributed by atoms with van der Waals surface area (Å²) in [5.41, 5.74) is 2.39. The fraction of sp³-hybridized carbons (Fsp3) is 0.353. The van der Waals surface area contributed by atoms with Gasteiger partial charge in [-0.15, -0.1) is 0 Å². The van der Waals surface area contributed by atoms with Crippen molar-refractivity contribution >= 4 is 32.5 Å². The Morgan fingerprint density at radius 3 is 2.62 bits per heavy atom. The summed E-state index contributed by atoms with van der Waals surface area (Å²) in [5, 5.41) is 1.11. The zero-order valence-electron chi connectivity index (χ0n) is 13.8. The summed E-state index contributed by atoms with van der Waals surface area (Å²) >= 11 is 1.78. The van der Waals surface area contributed by atoms with E-state index in [9.17, 15) is 0 Å². The van der Waals surface area contributed by atoms with Gasteiger partial charge < -0.3 is 14.5 Å². The molecular weight excluding hydrogens is 322 g/mol. The van der Waals surface area contributed by atoms with Crippen LogP contribution in [0.2, 0.25) is 0 Å². The van der Waals surface area contributed by atoms with Gasteiger partial charge in [-0.2, -0.15) is 0 Å². The molecule has 1 fully saturated rings. The van der Waals surface area contributed by atoms with Crippen LogP contribution in [0.1, 0.15) is 5.56 Å². The predicted octanol–water partition coefficient (Wildman–Crippen LogP) is 2.73. The number of hydrogen-bond acceptors (Lipinski definition) is 7. The van der Waals surface area contributed by atoms with Crippen LogP contribution in [-0.4, -0.2) is 48.2 Å². The molecule has 124 valence electrons. The highest BCUT2D eigenvalue weighted by Crippen LogP contribution is 2.31. The number of thiazole rings is 1. The molecule has 24 heavy (non-hydrogen) atoms. The van der Waals surface area contributed by atoms with Crippen LogP contribution in [0.4, 0.5) is 10.9 Å². The van der Waals surface area contributed by atoms with E-state index in [-0.39, 0.29) is 0 Å². The van der Waals surface area contributed by atoms with E-state index in [0.29, 0.717) is 5.88 Å². The molecule has 3 heterocycles. The van der Waals surface area contributed by atoms with Crippen molar-refractivity contribution in [2.24, 2.45) is 0 Å². The van der Waals surface area contributed by atoms with Crippen LogP contribution in [0, 0.1) is 6.92 Å². The van der Waals surface area contributed by atoms with Crippen LogP contribution in [0.5, 0.6) is 5.88 Å². The van der Waals surface area contributed by atoms with Gasteiger partial charge in [0.05, 0.1) is 17.3 Å². The van der Waals surface area contributed by atoms with Crippen molar-refractivity contribution in [1.29, 1.82) is 0 Å². The van der Waals surface area contributed by atoms with Crippen molar-refractivity contribution in [3.63, 3.8) is 0 Å². The monoisotopic (exact) mass is 341 g/mol. The van der Waals surface area contributed by atoms with Crippen LogP contribution in [-0.2, 0) is 0 Å². The second-order valence-electron chi connectivity index (χ2n) is 5.81. The van der Waals surface area contributed by atoms with Gasteiger partial charge in [0, 0.05) is 32.2 Å². The molecular formula is C17H19N5OS. The average Bonchev–Trinajstić information content (AvgIpc) is 3.08. The standard InChI is InChI=1S/C17H19N5OS/c1-12-4-3-5-13-16(12)24-17(20-13)22-8-6-21(7-9-22)14-10-15(23-2)19-11-18-14/h3-5,10-11H,6-9H2,1-2H3. The molecule has 1 aliphatic heterocycles. The lowest BCUT2D eigenvalue weighted by Crippen LogP contribution is -2.46. The Morgan fingerprint density at radius 2 is 1.88 bits per heavy atom.